The summed E-state index contributed by atoms with van der Waals surface area (Å²) >= 11 is 0. The molecule has 1 rings (SSSR count). The maximum absolute atomic E-state index is 10.5. The van der Waals surface area contributed by atoms with E-state index in [-0.39, 0.29) is 6.10 Å². The van der Waals surface area contributed by atoms with E-state index in [9.17, 15) is 25.0 Å². The number of hydrogen-bond acceptors (Lipinski definition) is 6. The molecule has 0 aliphatic heterocycles. The number of nitro benzene ring substituents is 2. The van der Waals surface area contributed by atoms with E-state index in [1.165, 1.54) is 0 Å². The Morgan fingerprint density at radius 3 is 1.73 bits per heavy atom. The first-order valence-corrected chi connectivity index (χ1v) is 6.45. The molecule has 1 atom stereocenters. The van der Waals surface area contributed by atoms with Crippen molar-refractivity contribution in [3.8, 4) is 0 Å². The molecular formula is C13H18N2O7. The average Bonchev–Trinajstić information content (AvgIpc) is 2.46. The number of aliphatic hydroxyl groups is 1. The minimum atomic E-state index is -1.46. The van der Waals surface area contributed by atoms with Gasteiger partial charge in [-0.2, -0.15) is 0 Å². The lowest BCUT2D eigenvalue weighted by Gasteiger charge is -2.09. The van der Waals surface area contributed by atoms with Crippen molar-refractivity contribution in [1.82, 2.24) is 0 Å². The van der Waals surface area contributed by atoms with E-state index in [0.29, 0.717) is 12.0 Å². The molecule has 9 heteroatoms. The highest BCUT2D eigenvalue weighted by atomic mass is 16.6. The average molecular weight is 314 g/mol. The van der Waals surface area contributed by atoms with E-state index in [2.05, 4.69) is 0 Å². The fourth-order valence-electron chi connectivity index (χ4n) is 1.40. The predicted octanol–water partition coefficient (Wildman–Crippen LogP) is 2.61. The third kappa shape index (κ3) is 6.27. The third-order valence-corrected chi connectivity index (χ3v) is 2.76. The van der Waals surface area contributed by atoms with Gasteiger partial charge >= 0.3 is 5.97 Å². The van der Waals surface area contributed by atoms with Crippen molar-refractivity contribution in [2.24, 2.45) is 5.92 Å². The predicted molar refractivity (Wildman–Crippen MR) is 77.8 cm³/mol. The van der Waals surface area contributed by atoms with Crippen molar-refractivity contribution in [3.05, 3.63) is 44.0 Å². The Kier molecular flexibility index (Phi) is 7.67. The molecule has 0 fully saturated rings. The molecule has 0 aliphatic rings. The van der Waals surface area contributed by atoms with Gasteiger partial charge in [0.1, 0.15) is 0 Å². The van der Waals surface area contributed by atoms with Crippen LogP contribution in [0.5, 0.6) is 0 Å². The fourth-order valence-corrected chi connectivity index (χ4v) is 1.40. The molecule has 0 saturated carbocycles. The summed E-state index contributed by atoms with van der Waals surface area (Å²) in [5.74, 6) is -1.04. The molecule has 0 bridgehead atoms. The molecule has 0 amide bonds. The Balaban J connectivity index is 0.000000534. The van der Waals surface area contributed by atoms with Gasteiger partial charge in [-0.15, -0.1) is 0 Å². The minimum absolute atomic E-state index is 0.0972. The van der Waals surface area contributed by atoms with E-state index in [1.54, 1.807) is 0 Å². The van der Waals surface area contributed by atoms with Crippen LogP contribution in [0.4, 0.5) is 11.4 Å². The van der Waals surface area contributed by atoms with Gasteiger partial charge in [-0.1, -0.05) is 20.8 Å². The lowest BCUT2D eigenvalue weighted by molar-refractivity contribution is -0.394. The summed E-state index contributed by atoms with van der Waals surface area (Å²) in [6.07, 6.45) is 0.775. The number of carboxylic acid groups (broad SMARTS) is 1. The molecular weight excluding hydrogens is 296 g/mol. The zero-order valence-electron chi connectivity index (χ0n) is 12.4. The second kappa shape index (κ2) is 8.67. The zero-order chi connectivity index (χ0) is 17.4. The van der Waals surface area contributed by atoms with Gasteiger partial charge in [0.2, 0.25) is 0 Å². The molecule has 1 aromatic rings. The van der Waals surface area contributed by atoms with Crippen molar-refractivity contribution in [3.63, 3.8) is 0 Å². The molecule has 1 aromatic carbocycles. The topological polar surface area (TPSA) is 144 Å². The monoisotopic (exact) mass is 314 g/mol. The minimum Gasteiger partial charge on any atom is -0.478 e. The smallest absolute Gasteiger partial charge is 0.336 e. The van der Waals surface area contributed by atoms with Crippen LogP contribution in [-0.4, -0.2) is 32.1 Å². The zero-order valence-corrected chi connectivity index (χ0v) is 12.4. The Labute approximate surface area is 126 Å². The largest absolute Gasteiger partial charge is 0.478 e. The SMILES string of the molecule is CCC(O)C(C)C.O=C(O)c1cc([N+](=O)[O-])cc([N+](=O)[O-])c1. The van der Waals surface area contributed by atoms with Gasteiger partial charge < -0.3 is 10.2 Å². The summed E-state index contributed by atoms with van der Waals surface area (Å²) in [7, 11) is 0. The van der Waals surface area contributed by atoms with Crippen molar-refractivity contribution >= 4 is 17.3 Å². The number of nitrogens with zero attached hydrogens (tertiary/aromatic N) is 2. The lowest BCUT2D eigenvalue weighted by atomic mass is 10.1. The summed E-state index contributed by atoms with van der Waals surface area (Å²) in [6, 6.07) is 2.22. The van der Waals surface area contributed by atoms with Crippen LogP contribution in [-0.2, 0) is 0 Å². The normalized spacial score (nSPS) is 11.3. The van der Waals surface area contributed by atoms with Crippen molar-refractivity contribution < 1.29 is 24.9 Å². The summed E-state index contributed by atoms with van der Waals surface area (Å²) in [5, 5.41) is 38.2. The number of nitro groups is 2. The summed E-state index contributed by atoms with van der Waals surface area (Å²) in [4.78, 5) is 29.4. The number of aliphatic hydroxyl groups excluding tert-OH is 1. The van der Waals surface area contributed by atoms with Gasteiger partial charge in [-0.25, -0.2) is 4.79 Å². The van der Waals surface area contributed by atoms with Gasteiger partial charge in [-0.3, -0.25) is 20.2 Å². The number of aromatic carboxylic acids is 1. The highest BCUT2D eigenvalue weighted by Gasteiger charge is 2.19. The molecule has 2 N–H and O–H groups in total. The van der Waals surface area contributed by atoms with Gasteiger partial charge in [0.15, 0.2) is 0 Å². The number of rotatable bonds is 5. The highest BCUT2D eigenvalue weighted by Crippen LogP contribution is 2.22. The van der Waals surface area contributed by atoms with Gasteiger partial charge in [0.05, 0.1) is 27.6 Å². The molecule has 0 aliphatic carbocycles. The van der Waals surface area contributed by atoms with Gasteiger partial charge in [0, 0.05) is 12.1 Å². The van der Waals surface area contributed by atoms with E-state index in [1.807, 2.05) is 20.8 Å². The Bertz CT molecular complexity index is 478. The second-order valence-electron chi connectivity index (χ2n) is 4.78. The molecule has 22 heavy (non-hydrogen) atoms. The van der Waals surface area contributed by atoms with Gasteiger partial charge in [0.25, 0.3) is 11.4 Å². The first kappa shape index (κ1) is 19.4. The fraction of sp³-hybridized carbons (Fsp3) is 0.462. The number of benzene rings is 1. The van der Waals surface area contributed by atoms with Crippen molar-refractivity contribution in [1.29, 1.82) is 0 Å². The Morgan fingerprint density at radius 1 is 1.14 bits per heavy atom. The maximum atomic E-state index is 10.5. The molecule has 0 heterocycles. The second-order valence-corrected chi connectivity index (χ2v) is 4.78. The van der Waals surface area contributed by atoms with Crippen LogP contribution in [0.15, 0.2) is 18.2 Å². The molecule has 0 aromatic heterocycles. The van der Waals surface area contributed by atoms with Crippen LogP contribution in [0.2, 0.25) is 0 Å². The molecule has 9 nitrogen and oxygen atoms in total. The van der Waals surface area contributed by atoms with E-state index in [0.717, 1.165) is 18.6 Å². The van der Waals surface area contributed by atoms with E-state index < -0.39 is 32.8 Å². The number of non-ortho nitro benzene ring substituents is 2. The van der Waals surface area contributed by atoms with E-state index in [4.69, 9.17) is 10.2 Å². The molecule has 1 unspecified atom stereocenters. The number of carboxylic acids is 1. The molecule has 0 radical (unpaired) electrons. The lowest BCUT2D eigenvalue weighted by Crippen LogP contribution is -2.11. The summed E-state index contributed by atoms with van der Waals surface area (Å²) in [5.41, 5.74) is -1.74. The summed E-state index contributed by atoms with van der Waals surface area (Å²) < 4.78 is 0. The third-order valence-electron chi connectivity index (χ3n) is 2.76. The Morgan fingerprint density at radius 2 is 1.55 bits per heavy atom. The van der Waals surface area contributed by atoms with Gasteiger partial charge in [-0.05, 0) is 12.3 Å². The Hall–Kier alpha value is -2.55. The summed E-state index contributed by atoms with van der Waals surface area (Å²) in [6.45, 7) is 6.03. The van der Waals surface area contributed by atoms with Crippen LogP contribution >= 0.6 is 0 Å². The first-order chi connectivity index (χ1) is 10.1. The molecule has 122 valence electrons. The first-order valence-electron chi connectivity index (χ1n) is 6.45. The van der Waals surface area contributed by atoms with Crippen LogP contribution in [0.3, 0.4) is 0 Å². The number of carbonyl (C=O) groups is 1. The standard InChI is InChI=1S/C7H4N2O6.C6H14O/c10-7(11)4-1-5(8(12)13)3-6(2-4)9(14)15;1-4-6(7)5(2)3/h1-3H,(H,10,11);5-7H,4H2,1-3H3. The van der Waals surface area contributed by atoms with E-state index >= 15 is 0 Å². The quantitative estimate of drug-likeness (QED) is 0.627. The van der Waals surface area contributed by atoms with Crippen LogP contribution in [0.25, 0.3) is 0 Å². The maximum Gasteiger partial charge on any atom is 0.336 e. The van der Waals surface area contributed by atoms with Crippen LogP contribution < -0.4 is 0 Å². The number of hydrogen-bond donors (Lipinski definition) is 2. The molecule has 0 spiro atoms. The van der Waals surface area contributed by atoms with Crippen molar-refractivity contribution in [2.75, 3.05) is 0 Å². The molecule has 0 saturated heterocycles. The van der Waals surface area contributed by atoms with Crippen molar-refractivity contribution in [2.45, 2.75) is 33.3 Å². The highest BCUT2D eigenvalue weighted by molar-refractivity contribution is 5.89. The van der Waals surface area contributed by atoms with Crippen LogP contribution in [0.1, 0.15) is 37.6 Å². The van der Waals surface area contributed by atoms with Crippen LogP contribution in [0, 0.1) is 26.1 Å².